The van der Waals surface area contributed by atoms with Crippen LogP contribution in [0, 0.1) is 6.92 Å². The van der Waals surface area contributed by atoms with Crippen LogP contribution in [0.1, 0.15) is 27.0 Å². The molecule has 0 atom stereocenters. The topological polar surface area (TPSA) is 88.2 Å². The summed E-state index contributed by atoms with van der Waals surface area (Å²) in [6.45, 7) is 3.12. The van der Waals surface area contributed by atoms with Gasteiger partial charge in [-0.25, -0.2) is 4.79 Å². The molecule has 2 N–H and O–H groups in total. The van der Waals surface area contributed by atoms with Gasteiger partial charge in [0.2, 0.25) is 5.89 Å². The van der Waals surface area contributed by atoms with Crippen molar-refractivity contribution in [1.29, 1.82) is 0 Å². The van der Waals surface area contributed by atoms with Gasteiger partial charge >= 0.3 is 5.97 Å². The highest BCUT2D eigenvalue weighted by Crippen LogP contribution is 2.14. The van der Waals surface area contributed by atoms with Gasteiger partial charge in [-0.1, -0.05) is 5.16 Å². The Hall–Kier alpha value is -1.73. The minimum absolute atomic E-state index is 0.339. The van der Waals surface area contributed by atoms with Gasteiger partial charge < -0.3 is 14.9 Å². The van der Waals surface area contributed by atoms with Gasteiger partial charge in [-0.3, -0.25) is 0 Å². The molecule has 0 aliphatic heterocycles. The summed E-state index contributed by atoms with van der Waals surface area (Å²) in [6, 6.07) is 1.68. The largest absolute Gasteiger partial charge is 0.478 e. The fourth-order valence-corrected chi connectivity index (χ4v) is 2.27. The normalized spacial score (nSPS) is 10.7. The van der Waals surface area contributed by atoms with Gasteiger partial charge in [-0.05, 0) is 6.07 Å². The molecule has 2 rings (SSSR count). The third kappa shape index (κ3) is 3.38. The third-order valence-electron chi connectivity index (χ3n) is 2.29. The minimum Gasteiger partial charge on any atom is -0.478 e. The van der Waals surface area contributed by atoms with Crippen molar-refractivity contribution in [2.24, 2.45) is 0 Å². The average Bonchev–Trinajstić information content (AvgIpc) is 2.93. The number of aryl methyl sites for hydroxylation is 1. The second kappa shape index (κ2) is 5.74. The van der Waals surface area contributed by atoms with Crippen molar-refractivity contribution < 1.29 is 14.4 Å². The molecule has 2 heterocycles. The van der Waals surface area contributed by atoms with E-state index in [9.17, 15) is 4.79 Å². The number of carboxylic acid groups (broad SMARTS) is 1. The lowest BCUT2D eigenvalue weighted by Crippen LogP contribution is -2.16. The van der Waals surface area contributed by atoms with E-state index in [-0.39, 0.29) is 0 Å². The minimum atomic E-state index is -0.889. The Kier molecular flexibility index (Phi) is 4.06. The van der Waals surface area contributed by atoms with E-state index in [1.54, 1.807) is 18.4 Å². The van der Waals surface area contributed by atoms with Gasteiger partial charge in [0.05, 0.1) is 5.56 Å². The van der Waals surface area contributed by atoms with E-state index in [0.717, 1.165) is 11.4 Å². The highest BCUT2D eigenvalue weighted by atomic mass is 32.1. The second-order valence-electron chi connectivity index (χ2n) is 3.76. The molecule has 0 spiro atoms. The lowest BCUT2D eigenvalue weighted by Gasteiger charge is -1.99. The number of hydrogen-bond acceptors (Lipinski definition) is 6. The molecule has 0 bridgehead atoms. The molecular weight excluding hydrogens is 254 g/mol. The Morgan fingerprint density at radius 3 is 3.06 bits per heavy atom. The first kappa shape index (κ1) is 12.7. The van der Waals surface area contributed by atoms with Crippen molar-refractivity contribution >= 4 is 17.3 Å². The molecule has 0 saturated carbocycles. The number of thiophene rings is 1. The SMILES string of the molecule is Cc1nc(CCNCc2cc(C(=O)O)cs2)no1. The number of aromatic carboxylic acids is 1. The van der Waals surface area contributed by atoms with E-state index in [1.807, 2.05) is 0 Å². The summed E-state index contributed by atoms with van der Waals surface area (Å²) in [7, 11) is 0. The average molecular weight is 267 g/mol. The maximum Gasteiger partial charge on any atom is 0.336 e. The van der Waals surface area contributed by atoms with Crippen LogP contribution in [0.4, 0.5) is 0 Å². The number of nitrogens with zero attached hydrogens (tertiary/aromatic N) is 2. The van der Waals surface area contributed by atoms with Gasteiger partial charge in [0.25, 0.3) is 0 Å². The quantitative estimate of drug-likeness (QED) is 0.770. The monoisotopic (exact) mass is 267 g/mol. The molecule has 6 nitrogen and oxygen atoms in total. The molecule has 2 aromatic heterocycles. The Labute approximate surface area is 108 Å². The number of carboxylic acids is 1. The molecule has 0 aliphatic rings. The number of aromatic nitrogens is 2. The van der Waals surface area contributed by atoms with Crippen molar-refractivity contribution in [1.82, 2.24) is 15.5 Å². The van der Waals surface area contributed by atoms with Crippen LogP contribution < -0.4 is 5.32 Å². The van der Waals surface area contributed by atoms with Gasteiger partial charge in [-0.2, -0.15) is 4.98 Å². The molecule has 0 unspecified atom stereocenters. The first-order valence-electron chi connectivity index (χ1n) is 5.46. The first-order valence-corrected chi connectivity index (χ1v) is 6.33. The van der Waals surface area contributed by atoms with E-state index in [0.29, 0.717) is 30.2 Å². The van der Waals surface area contributed by atoms with Gasteiger partial charge in [0.1, 0.15) is 0 Å². The molecular formula is C11H13N3O3S. The Balaban J connectivity index is 1.73. The smallest absolute Gasteiger partial charge is 0.336 e. The number of nitrogens with one attached hydrogen (secondary N) is 1. The van der Waals surface area contributed by atoms with Gasteiger partial charge in [0.15, 0.2) is 5.82 Å². The zero-order valence-corrected chi connectivity index (χ0v) is 10.7. The van der Waals surface area contributed by atoms with E-state index in [4.69, 9.17) is 9.63 Å². The van der Waals surface area contributed by atoms with Crippen LogP contribution in [-0.4, -0.2) is 27.8 Å². The van der Waals surface area contributed by atoms with Crippen LogP contribution in [0.15, 0.2) is 16.0 Å². The van der Waals surface area contributed by atoms with E-state index >= 15 is 0 Å². The predicted molar refractivity (Wildman–Crippen MR) is 65.7 cm³/mol. The fraction of sp³-hybridized carbons (Fsp3) is 0.364. The van der Waals surface area contributed by atoms with Crippen LogP contribution in [0.25, 0.3) is 0 Å². The van der Waals surface area contributed by atoms with E-state index in [1.165, 1.54) is 11.3 Å². The molecule has 0 fully saturated rings. The summed E-state index contributed by atoms with van der Waals surface area (Å²) in [5.74, 6) is 0.353. The molecule has 0 radical (unpaired) electrons. The summed E-state index contributed by atoms with van der Waals surface area (Å²) >= 11 is 1.44. The summed E-state index contributed by atoms with van der Waals surface area (Å²) in [6.07, 6.45) is 0.689. The van der Waals surface area contributed by atoms with Gasteiger partial charge in [0, 0.05) is 36.7 Å². The maximum atomic E-state index is 10.7. The third-order valence-corrected chi connectivity index (χ3v) is 3.23. The van der Waals surface area contributed by atoms with E-state index in [2.05, 4.69) is 15.5 Å². The van der Waals surface area contributed by atoms with Gasteiger partial charge in [-0.15, -0.1) is 11.3 Å². The molecule has 7 heteroatoms. The second-order valence-corrected chi connectivity index (χ2v) is 4.76. The van der Waals surface area contributed by atoms with Crippen molar-refractivity contribution in [2.45, 2.75) is 19.9 Å². The van der Waals surface area contributed by atoms with Crippen molar-refractivity contribution in [3.05, 3.63) is 33.6 Å². The summed E-state index contributed by atoms with van der Waals surface area (Å²) < 4.78 is 4.86. The molecule has 0 aromatic carbocycles. The highest BCUT2D eigenvalue weighted by molar-refractivity contribution is 7.10. The fourth-order valence-electron chi connectivity index (χ4n) is 1.44. The number of carbonyl (C=O) groups is 1. The summed E-state index contributed by atoms with van der Waals surface area (Å²) in [5.41, 5.74) is 0.339. The summed E-state index contributed by atoms with van der Waals surface area (Å²) in [5, 5.41) is 17.4. The summed E-state index contributed by atoms with van der Waals surface area (Å²) in [4.78, 5) is 15.8. The van der Waals surface area contributed by atoms with Crippen molar-refractivity contribution in [2.75, 3.05) is 6.54 Å². The highest BCUT2D eigenvalue weighted by Gasteiger charge is 2.06. The molecule has 96 valence electrons. The van der Waals surface area contributed by atoms with Crippen molar-refractivity contribution in [3.8, 4) is 0 Å². The first-order chi connectivity index (χ1) is 8.65. The predicted octanol–water partition coefficient (Wildman–Crippen LogP) is 1.47. The van der Waals surface area contributed by atoms with Crippen LogP contribution in [0.5, 0.6) is 0 Å². The maximum absolute atomic E-state index is 10.7. The van der Waals surface area contributed by atoms with Crippen LogP contribution in [0.3, 0.4) is 0 Å². The Morgan fingerprint density at radius 1 is 1.61 bits per heavy atom. The number of hydrogen-bond donors (Lipinski definition) is 2. The molecule has 2 aromatic rings. The van der Waals surface area contributed by atoms with Crippen molar-refractivity contribution in [3.63, 3.8) is 0 Å². The zero-order valence-electron chi connectivity index (χ0n) is 9.84. The van der Waals surface area contributed by atoms with Crippen LogP contribution in [0.2, 0.25) is 0 Å². The molecule has 0 aliphatic carbocycles. The lowest BCUT2D eigenvalue weighted by molar-refractivity contribution is 0.0697. The van der Waals surface area contributed by atoms with Crippen LogP contribution >= 0.6 is 11.3 Å². The molecule has 0 saturated heterocycles. The Morgan fingerprint density at radius 2 is 2.44 bits per heavy atom. The molecule has 0 amide bonds. The lowest BCUT2D eigenvalue weighted by atomic mass is 10.3. The standard InChI is InChI=1S/C11H13N3O3S/c1-7-13-10(14-17-7)2-3-12-5-9-4-8(6-18-9)11(15)16/h4,6,12H,2-3,5H2,1H3,(H,15,16). The van der Waals surface area contributed by atoms with Crippen LogP contribution in [-0.2, 0) is 13.0 Å². The van der Waals surface area contributed by atoms with E-state index < -0.39 is 5.97 Å². The number of rotatable bonds is 6. The zero-order chi connectivity index (χ0) is 13.0. The molecule has 18 heavy (non-hydrogen) atoms. The Bertz CT molecular complexity index is 535.